The second-order valence-electron chi connectivity index (χ2n) is 3.15. The number of hydrogen-bond donors (Lipinski definition) is 0. The van der Waals surface area contributed by atoms with Gasteiger partial charge in [0.1, 0.15) is 0 Å². The summed E-state index contributed by atoms with van der Waals surface area (Å²) in [7, 11) is 1.11. The summed E-state index contributed by atoms with van der Waals surface area (Å²) in [6.07, 6.45) is -5.09. The molecular weight excluding hydrogens is 324 g/mol. The van der Waals surface area contributed by atoms with Crippen molar-refractivity contribution in [3.8, 4) is 0 Å². The van der Waals surface area contributed by atoms with Crippen LogP contribution in [0.5, 0.6) is 0 Å². The molecule has 0 aliphatic heterocycles. The van der Waals surface area contributed by atoms with E-state index in [2.05, 4.69) is 20.7 Å². The van der Waals surface area contributed by atoms with E-state index in [1.54, 1.807) is 0 Å². The molecule has 0 saturated carbocycles. The lowest BCUT2D eigenvalue weighted by molar-refractivity contribution is -0.141. The number of esters is 1. The quantitative estimate of drug-likeness (QED) is 0.770. The number of methoxy groups -OCH3 is 1. The van der Waals surface area contributed by atoms with Crippen molar-refractivity contribution in [2.24, 2.45) is 0 Å². The highest BCUT2D eigenvalue weighted by Crippen LogP contribution is 2.40. The number of benzene rings is 1. The van der Waals surface area contributed by atoms with Crippen molar-refractivity contribution in [2.45, 2.75) is 12.6 Å². The third-order valence-electron chi connectivity index (χ3n) is 2.03. The zero-order chi connectivity index (χ0) is 13.2. The molecule has 2 nitrogen and oxygen atoms in total. The van der Waals surface area contributed by atoms with Gasteiger partial charge in [-0.25, -0.2) is 0 Å². The fraction of sp³-hybridized carbons (Fsp3) is 0.300. The second kappa shape index (κ2) is 5.27. The maximum absolute atomic E-state index is 12.8. The Morgan fingerprint density at radius 1 is 1.47 bits per heavy atom. The molecule has 94 valence electrons. The summed E-state index contributed by atoms with van der Waals surface area (Å²) in [4.78, 5) is 11.0. The van der Waals surface area contributed by atoms with E-state index < -0.39 is 29.2 Å². The summed E-state index contributed by atoms with van der Waals surface area (Å²) in [5, 5.41) is -0.459. The molecule has 0 aliphatic rings. The van der Waals surface area contributed by atoms with E-state index in [9.17, 15) is 18.0 Å². The molecule has 7 heteroatoms. The third-order valence-corrected chi connectivity index (χ3v) is 3.31. The van der Waals surface area contributed by atoms with E-state index in [0.29, 0.717) is 0 Å². The van der Waals surface area contributed by atoms with E-state index >= 15 is 0 Å². The zero-order valence-corrected chi connectivity index (χ0v) is 10.9. The smallest absolute Gasteiger partial charge is 0.418 e. The molecule has 1 aromatic rings. The first-order valence-corrected chi connectivity index (χ1v) is 5.55. The molecule has 17 heavy (non-hydrogen) atoms. The SMILES string of the molecule is COC(=O)Cc1ccc(Br)c(Cl)c1C(F)(F)F. The highest BCUT2D eigenvalue weighted by Gasteiger charge is 2.37. The molecule has 0 bridgehead atoms. The first-order valence-electron chi connectivity index (χ1n) is 4.38. The van der Waals surface area contributed by atoms with Gasteiger partial charge in [0.05, 0.1) is 24.1 Å². The standard InChI is InChI=1S/C10H7BrClF3O2/c1-17-7(16)4-5-2-3-6(11)9(12)8(5)10(13,14)15/h2-3H,4H2,1H3. The second-order valence-corrected chi connectivity index (χ2v) is 4.38. The van der Waals surface area contributed by atoms with Gasteiger partial charge in [-0.05, 0) is 27.6 Å². The topological polar surface area (TPSA) is 26.3 Å². The Morgan fingerprint density at radius 3 is 2.53 bits per heavy atom. The van der Waals surface area contributed by atoms with Gasteiger partial charge in [-0.1, -0.05) is 17.7 Å². The average molecular weight is 332 g/mol. The first-order chi connectivity index (χ1) is 7.77. The monoisotopic (exact) mass is 330 g/mol. The van der Waals surface area contributed by atoms with E-state index in [4.69, 9.17) is 11.6 Å². The third kappa shape index (κ3) is 3.35. The van der Waals surface area contributed by atoms with E-state index in [0.717, 1.165) is 7.11 Å². The minimum Gasteiger partial charge on any atom is -0.469 e. The van der Waals surface area contributed by atoms with E-state index in [1.165, 1.54) is 12.1 Å². The first kappa shape index (κ1) is 14.3. The van der Waals surface area contributed by atoms with Crippen molar-refractivity contribution in [3.63, 3.8) is 0 Å². The van der Waals surface area contributed by atoms with Gasteiger partial charge in [0, 0.05) is 4.47 Å². The fourth-order valence-corrected chi connectivity index (χ4v) is 1.89. The predicted molar refractivity (Wildman–Crippen MR) is 59.9 cm³/mol. The predicted octanol–water partition coefficient (Wildman–Crippen LogP) is 3.84. The maximum atomic E-state index is 12.8. The summed E-state index contributed by atoms with van der Waals surface area (Å²) in [5.74, 6) is -0.756. The van der Waals surface area contributed by atoms with Crippen molar-refractivity contribution in [1.82, 2.24) is 0 Å². The molecule has 0 aliphatic carbocycles. The molecule has 0 N–H and O–H groups in total. The van der Waals surface area contributed by atoms with Crippen LogP contribution in [0.3, 0.4) is 0 Å². The van der Waals surface area contributed by atoms with Crippen LogP contribution in [0.1, 0.15) is 11.1 Å². The molecular formula is C10H7BrClF3O2. The van der Waals surface area contributed by atoms with Crippen LogP contribution in [0.15, 0.2) is 16.6 Å². The normalized spacial score (nSPS) is 11.4. The van der Waals surface area contributed by atoms with Crippen LogP contribution < -0.4 is 0 Å². The minimum atomic E-state index is -4.62. The molecule has 0 aromatic heterocycles. The van der Waals surface area contributed by atoms with Crippen molar-refractivity contribution in [3.05, 3.63) is 32.8 Å². The van der Waals surface area contributed by atoms with Crippen LogP contribution in [0.25, 0.3) is 0 Å². The number of carbonyl (C=O) groups is 1. The Bertz CT molecular complexity index is 446. The van der Waals surface area contributed by atoms with E-state index in [-0.39, 0.29) is 10.0 Å². The zero-order valence-electron chi connectivity index (χ0n) is 8.57. The summed E-state index contributed by atoms with van der Waals surface area (Å²) >= 11 is 8.50. The Labute approximate surface area is 109 Å². The van der Waals surface area contributed by atoms with Crippen LogP contribution in [0.4, 0.5) is 13.2 Å². The summed E-state index contributed by atoms with van der Waals surface area (Å²) in [6, 6.07) is 2.55. The summed E-state index contributed by atoms with van der Waals surface area (Å²) < 4.78 is 42.8. The summed E-state index contributed by atoms with van der Waals surface area (Å²) in [6.45, 7) is 0. The molecule has 0 fully saturated rings. The molecule has 0 radical (unpaired) electrons. The van der Waals surface area contributed by atoms with Crippen molar-refractivity contribution >= 4 is 33.5 Å². The van der Waals surface area contributed by atoms with Gasteiger partial charge in [-0.15, -0.1) is 0 Å². The van der Waals surface area contributed by atoms with Crippen LogP contribution in [-0.2, 0) is 22.1 Å². The minimum absolute atomic E-state index is 0.125. The van der Waals surface area contributed by atoms with Gasteiger partial charge in [-0.2, -0.15) is 13.2 Å². The molecule has 0 atom stereocenters. The van der Waals surface area contributed by atoms with Crippen LogP contribution in [0.2, 0.25) is 5.02 Å². The Balaban J connectivity index is 3.31. The van der Waals surface area contributed by atoms with Gasteiger partial charge in [-0.3, -0.25) is 4.79 Å². The average Bonchev–Trinajstić information content (AvgIpc) is 2.21. The van der Waals surface area contributed by atoms with Gasteiger partial charge in [0.25, 0.3) is 0 Å². The van der Waals surface area contributed by atoms with Crippen LogP contribution >= 0.6 is 27.5 Å². The Kier molecular flexibility index (Phi) is 4.43. The lowest BCUT2D eigenvalue weighted by Gasteiger charge is -2.14. The number of carbonyl (C=O) groups excluding carboxylic acids is 1. The van der Waals surface area contributed by atoms with E-state index in [1.807, 2.05) is 0 Å². The number of alkyl halides is 3. The van der Waals surface area contributed by atoms with Crippen LogP contribution in [0, 0.1) is 0 Å². The van der Waals surface area contributed by atoms with Gasteiger partial charge >= 0.3 is 12.1 Å². The molecule has 0 heterocycles. The molecule has 0 amide bonds. The summed E-state index contributed by atoms with van der Waals surface area (Å²) in [5.41, 5.74) is -1.23. The number of rotatable bonds is 2. The van der Waals surface area contributed by atoms with Crippen molar-refractivity contribution < 1.29 is 22.7 Å². The van der Waals surface area contributed by atoms with Crippen molar-refractivity contribution in [2.75, 3.05) is 7.11 Å². The van der Waals surface area contributed by atoms with Gasteiger partial charge in [0.15, 0.2) is 0 Å². The highest BCUT2D eigenvalue weighted by molar-refractivity contribution is 9.10. The number of halogens is 5. The number of ether oxygens (including phenoxy) is 1. The molecule has 0 spiro atoms. The largest absolute Gasteiger partial charge is 0.469 e. The molecule has 0 unspecified atom stereocenters. The Morgan fingerprint density at radius 2 is 2.06 bits per heavy atom. The maximum Gasteiger partial charge on any atom is 0.418 e. The molecule has 1 rings (SSSR count). The van der Waals surface area contributed by atoms with Crippen molar-refractivity contribution in [1.29, 1.82) is 0 Å². The Hall–Kier alpha value is -0.750. The van der Waals surface area contributed by atoms with Crippen LogP contribution in [-0.4, -0.2) is 13.1 Å². The lowest BCUT2D eigenvalue weighted by atomic mass is 10.0. The molecule has 1 aromatic carbocycles. The molecule has 0 saturated heterocycles. The van der Waals surface area contributed by atoms with Gasteiger partial charge in [0.2, 0.25) is 0 Å². The lowest BCUT2D eigenvalue weighted by Crippen LogP contribution is -2.14. The van der Waals surface area contributed by atoms with Gasteiger partial charge < -0.3 is 4.74 Å². The fourth-order valence-electron chi connectivity index (χ4n) is 1.27. The highest BCUT2D eigenvalue weighted by atomic mass is 79.9. The number of hydrogen-bond acceptors (Lipinski definition) is 2.